The minimum absolute atomic E-state index is 0.0286. The van der Waals surface area contributed by atoms with E-state index in [0.717, 1.165) is 12.1 Å². The number of halogens is 4. The minimum Gasteiger partial charge on any atom is -0.287 e. The third-order valence-corrected chi connectivity index (χ3v) is 3.14. The van der Waals surface area contributed by atoms with Crippen LogP contribution in [0, 0.1) is 0 Å². The molecule has 0 bridgehead atoms. The second kappa shape index (κ2) is 4.80. The van der Waals surface area contributed by atoms with E-state index in [4.69, 9.17) is 0 Å². The number of aromatic nitrogens is 2. The number of aryl methyl sites for hydroxylation is 1. The van der Waals surface area contributed by atoms with Gasteiger partial charge in [-0.1, -0.05) is 12.1 Å². The van der Waals surface area contributed by atoms with Crippen molar-refractivity contribution in [2.75, 3.05) is 0 Å². The van der Waals surface area contributed by atoms with Crippen LogP contribution in [-0.4, -0.2) is 15.6 Å². The van der Waals surface area contributed by atoms with E-state index in [1.807, 2.05) is 0 Å². The number of carbonyl (C=O) groups is 1. The quantitative estimate of drug-likeness (QED) is 0.790. The van der Waals surface area contributed by atoms with Crippen LogP contribution in [0.3, 0.4) is 0 Å². The lowest BCUT2D eigenvalue weighted by Crippen LogP contribution is -2.11. The first-order chi connectivity index (χ1) is 8.80. The number of benzene rings is 1. The van der Waals surface area contributed by atoms with Gasteiger partial charge in [0.25, 0.3) is 0 Å². The Morgan fingerprint density at radius 1 is 1.37 bits per heavy atom. The summed E-state index contributed by atoms with van der Waals surface area (Å²) in [4.78, 5) is 12.2. The molecule has 0 saturated carbocycles. The first-order valence-corrected chi connectivity index (χ1v) is 5.99. The van der Waals surface area contributed by atoms with Crippen molar-refractivity contribution in [3.8, 4) is 0 Å². The monoisotopic (exact) mass is 332 g/mol. The van der Waals surface area contributed by atoms with Crippen molar-refractivity contribution in [3.63, 3.8) is 0 Å². The summed E-state index contributed by atoms with van der Waals surface area (Å²) in [5, 5.41) is 3.86. The molecular weight excluding hydrogens is 325 g/mol. The Morgan fingerprint density at radius 3 is 2.58 bits per heavy atom. The Morgan fingerprint density at radius 2 is 2.05 bits per heavy atom. The highest BCUT2D eigenvalue weighted by atomic mass is 79.9. The van der Waals surface area contributed by atoms with E-state index in [-0.39, 0.29) is 11.3 Å². The van der Waals surface area contributed by atoms with Gasteiger partial charge in [-0.25, -0.2) is 0 Å². The number of carbonyl (C=O) groups excluding carboxylic acids is 1. The number of ketones is 1. The Labute approximate surface area is 115 Å². The van der Waals surface area contributed by atoms with Gasteiger partial charge in [-0.3, -0.25) is 9.48 Å². The molecule has 19 heavy (non-hydrogen) atoms. The van der Waals surface area contributed by atoms with Crippen LogP contribution in [0.1, 0.15) is 21.6 Å². The molecule has 1 aromatic carbocycles. The number of alkyl halides is 3. The maximum atomic E-state index is 12.6. The molecule has 3 nitrogen and oxygen atoms in total. The SMILES string of the molecule is Cn1ncc(Br)c1C(=O)c1cccc(C(F)(F)F)c1. The van der Waals surface area contributed by atoms with E-state index in [9.17, 15) is 18.0 Å². The summed E-state index contributed by atoms with van der Waals surface area (Å²) in [6.45, 7) is 0. The van der Waals surface area contributed by atoms with Gasteiger partial charge in [0.15, 0.2) is 0 Å². The molecule has 2 rings (SSSR count). The minimum atomic E-state index is -4.47. The molecule has 0 saturated heterocycles. The predicted molar refractivity (Wildman–Crippen MR) is 65.8 cm³/mol. The summed E-state index contributed by atoms with van der Waals surface area (Å²) in [7, 11) is 1.55. The highest BCUT2D eigenvalue weighted by molar-refractivity contribution is 9.10. The Balaban J connectivity index is 2.46. The highest BCUT2D eigenvalue weighted by Crippen LogP contribution is 2.30. The van der Waals surface area contributed by atoms with E-state index < -0.39 is 17.5 Å². The average molecular weight is 333 g/mol. The Hall–Kier alpha value is -1.63. The van der Waals surface area contributed by atoms with E-state index in [0.29, 0.717) is 4.47 Å². The van der Waals surface area contributed by atoms with Crippen molar-refractivity contribution in [3.05, 3.63) is 51.8 Å². The van der Waals surface area contributed by atoms with Gasteiger partial charge in [0.05, 0.1) is 16.2 Å². The lowest BCUT2D eigenvalue weighted by molar-refractivity contribution is -0.137. The van der Waals surface area contributed by atoms with Crippen LogP contribution in [0.2, 0.25) is 0 Å². The van der Waals surface area contributed by atoms with Gasteiger partial charge >= 0.3 is 6.18 Å². The molecule has 0 aliphatic rings. The Kier molecular flexibility index (Phi) is 3.49. The molecule has 0 fully saturated rings. The van der Waals surface area contributed by atoms with Crippen LogP contribution >= 0.6 is 15.9 Å². The fourth-order valence-corrected chi connectivity index (χ4v) is 2.17. The zero-order valence-corrected chi connectivity index (χ0v) is 11.3. The predicted octanol–water partition coefficient (Wildman–Crippen LogP) is 3.43. The topological polar surface area (TPSA) is 34.9 Å². The zero-order valence-electron chi connectivity index (χ0n) is 9.70. The van der Waals surface area contributed by atoms with Crippen LogP contribution < -0.4 is 0 Å². The molecular formula is C12H8BrF3N2O. The lowest BCUT2D eigenvalue weighted by Gasteiger charge is -2.08. The molecule has 0 atom stereocenters. The van der Waals surface area contributed by atoms with Crippen LogP contribution in [-0.2, 0) is 13.2 Å². The summed E-state index contributed by atoms with van der Waals surface area (Å²) < 4.78 is 39.5. The van der Waals surface area contributed by atoms with Crippen molar-refractivity contribution in [1.29, 1.82) is 0 Å². The third kappa shape index (κ3) is 2.70. The van der Waals surface area contributed by atoms with Crippen LogP contribution in [0.4, 0.5) is 13.2 Å². The third-order valence-electron chi connectivity index (χ3n) is 2.56. The normalized spacial score (nSPS) is 11.6. The van der Waals surface area contributed by atoms with Gasteiger partial charge in [0.1, 0.15) is 5.69 Å². The summed E-state index contributed by atoms with van der Waals surface area (Å²) >= 11 is 3.15. The number of hydrogen-bond donors (Lipinski definition) is 0. The number of rotatable bonds is 2. The molecule has 1 heterocycles. The number of nitrogens with zero attached hydrogens (tertiary/aromatic N) is 2. The zero-order chi connectivity index (χ0) is 14.2. The van der Waals surface area contributed by atoms with Gasteiger partial charge in [-0.05, 0) is 28.1 Å². The van der Waals surface area contributed by atoms with Gasteiger partial charge in [-0.2, -0.15) is 18.3 Å². The van der Waals surface area contributed by atoms with Crippen molar-refractivity contribution >= 4 is 21.7 Å². The van der Waals surface area contributed by atoms with Gasteiger partial charge in [0, 0.05) is 12.6 Å². The van der Waals surface area contributed by atoms with E-state index in [2.05, 4.69) is 21.0 Å². The highest BCUT2D eigenvalue weighted by Gasteiger charge is 2.31. The molecule has 0 unspecified atom stereocenters. The van der Waals surface area contributed by atoms with Crippen molar-refractivity contribution in [2.24, 2.45) is 7.05 Å². The summed E-state index contributed by atoms with van der Waals surface area (Å²) in [5.74, 6) is -0.516. The molecule has 100 valence electrons. The largest absolute Gasteiger partial charge is 0.416 e. The van der Waals surface area contributed by atoms with Gasteiger partial charge < -0.3 is 0 Å². The van der Waals surface area contributed by atoms with E-state index in [1.54, 1.807) is 7.05 Å². The van der Waals surface area contributed by atoms with Gasteiger partial charge in [0.2, 0.25) is 5.78 Å². The summed E-state index contributed by atoms with van der Waals surface area (Å²) in [6, 6.07) is 4.31. The average Bonchev–Trinajstić information content (AvgIpc) is 2.67. The fourth-order valence-electron chi connectivity index (χ4n) is 1.64. The maximum Gasteiger partial charge on any atom is 0.416 e. The number of hydrogen-bond acceptors (Lipinski definition) is 2. The lowest BCUT2D eigenvalue weighted by atomic mass is 10.0. The first kappa shape index (κ1) is 13.8. The molecule has 0 spiro atoms. The molecule has 7 heteroatoms. The smallest absolute Gasteiger partial charge is 0.287 e. The fraction of sp³-hybridized carbons (Fsp3) is 0.167. The van der Waals surface area contributed by atoms with Gasteiger partial charge in [-0.15, -0.1) is 0 Å². The molecule has 0 aliphatic carbocycles. The van der Waals surface area contributed by atoms with Crippen molar-refractivity contribution in [2.45, 2.75) is 6.18 Å². The molecule has 0 radical (unpaired) electrons. The van der Waals surface area contributed by atoms with Crippen molar-refractivity contribution in [1.82, 2.24) is 9.78 Å². The standard InChI is InChI=1S/C12H8BrF3N2O/c1-18-10(9(13)6-17-18)11(19)7-3-2-4-8(5-7)12(14,15)16/h2-6H,1H3. The summed E-state index contributed by atoms with van der Waals surface area (Å²) in [5.41, 5.74) is -0.671. The van der Waals surface area contributed by atoms with Crippen LogP contribution in [0.5, 0.6) is 0 Å². The Bertz CT molecular complexity index is 615. The summed E-state index contributed by atoms with van der Waals surface area (Å²) in [6.07, 6.45) is -3.05. The molecule has 2 aromatic rings. The van der Waals surface area contributed by atoms with Crippen LogP contribution in [0.25, 0.3) is 0 Å². The maximum absolute atomic E-state index is 12.6. The van der Waals surface area contributed by atoms with Crippen molar-refractivity contribution < 1.29 is 18.0 Å². The second-order valence-electron chi connectivity index (χ2n) is 3.87. The molecule has 1 aromatic heterocycles. The second-order valence-corrected chi connectivity index (χ2v) is 4.73. The molecule has 0 amide bonds. The molecule has 0 aliphatic heterocycles. The van der Waals surface area contributed by atoms with Crippen LogP contribution in [0.15, 0.2) is 34.9 Å². The molecule has 0 N–H and O–H groups in total. The first-order valence-electron chi connectivity index (χ1n) is 5.20. The van der Waals surface area contributed by atoms with E-state index >= 15 is 0 Å². The van der Waals surface area contributed by atoms with E-state index in [1.165, 1.54) is 23.0 Å².